The van der Waals surface area contributed by atoms with Crippen LogP contribution in [0.15, 0.2) is 47.5 Å². The van der Waals surface area contributed by atoms with Crippen molar-refractivity contribution in [1.82, 2.24) is 0 Å². The maximum atomic E-state index is 5.68. The third-order valence-corrected chi connectivity index (χ3v) is 3.50. The largest absolute Gasteiger partial charge is 0.399 e. The zero-order valence-electron chi connectivity index (χ0n) is 14.5. The molecule has 0 amide bonds. The summed E-state index contributed by atoms with van der Waals surface area (Å²) in [5, 5.41) is 0. The van der Waals surface area contributed by atoms with E-state index in [0.717, 1.165) is 24.4 Å². The quantitative estimate of drug-likeness (QED) is 0.628. The molecule has 0 bridgehead atoms. The fourth-order valence-electron chi connectivity index (χ4n) is 2.34. The summed E-state index contributed by atoms with van der Waals surface area (Å²) in [4.78, 5) is 4.69. The van der Waals surface area contributed by atoms with Gasteiger partial charge >= 0.3 is 0 Å². The molecule has 0 saturated heterocycles. The molecular formula is C20H28N2. The van der Waals surface area contributed by atoms with Crippen molar-refractivity contribution in [2.45, 2.75) is 41.0 Å². The van der Waals surface area contributed by atoms with Crippen molar-refractivity contribution >= 4 is 11.4 Å². The van der Waals surface area contributed by atoms with Crippen molar-refractivity contribution in [2.75, 3.05) is 12.3 Å². The molecule has 0 aliphatic rings. The summed E-state index contributed by atoms with van der Waals surface area (Å²) in [5.41, 5.74) is 12.7. The predicted molar refractivity (Wildman–Crippen MR) is 98.9 cm³/mol. The highest BCUT2D eigenvalue weighted by Crippen LogP contribution is 2.12. The SMILES string of the molecule is CC.CC(=NCCc1ccc(N)cc1)c1ccc(C)cc1C. The molecule has 22 heavy (non-hydrogen) atoms. The number of benzene rings is 2. The Morgan fingerprint density at radius 3 is 2.23 bits per heavy atom. The van der Waals surface area contributed by atoms with Gasteiger partial charge < -0.3 is 5.73 Å². The van der Waals surface area contributed by atoms with Crippen LogP contribution in [-0.4, -0.2) is 12.3 Å². The Morgan fingerprint density at radius 2 is 1.64 bits per heavy atom. The highest BCUT2D eigenvalue weighted by molar-refractivity contribution is 6.00. The minimum Gasteiger partial charge on any atom is -0.399 e. The van der Waals surface area contributed by atoms with E-state index in [2.05, 4.69) is 56.1 Å². The van der Waals surface area contributed by atoms with Gasteiger partial charge in [-0.25, -0.2) is 0 Å². The molecule has 2 rings (SSSR count). The van der Waals surface area contributed by atoms with Crippen molar-refractivity contribution in [3.63, 3.8) is 0 Å². The first-order valence-corrected chi connectivity index (χ1v) is 7.99. The summed E-state index contributed by atoms with van der Waals surface area (Å²) in [6, 6.07) is 14.5. The van der Waals surface area contributed by atoms with Crippen molar-refractivity contribution in [1.29, 1.82) is 0 Å². The van der Waals surface area contributed by atoms with E-state index >= 15 is 0 Å². The molecule has 0 aromatic heterocycles. The lowest BCUT2D eigenvalue weighted by molar-refractivity contribution is 0.967. The number of hydrogen-bond acceptors (Lipinski definition) is 2. The number of nitrogens with two attached hydrogens (primary N) is 1. The van der Waals surface area contributed by atoms with E-state index in [-0.39, 0.29) is 0 Å². The third-order valence-electron chi connectivity index (χ3n) is 3.50. The minimum atomic E-state index is 0.809. The van der Waals surface area contributed by atoms with Gasteiger partial charge in [0, 0.05) is 17.9 Å². The number of rotatable bonds is 4. The second-order valence-electron chi connectivity index (χ2n) is 5.28. The predicted octanol–water partition coefficient (Wildman–Crippen LogP) is 4.96. The van der Waals surface area contributed by atoms with Crippen molar-refractivity contribution in [3.8, 4) is 0 Å². The van der Waals surface area contributed by atoms with Crippen LogP contribution in [0.1, 0.15) is 43.0 Å². The maximum Gasteiger partial charge on any atom is 0.0433 e. The summed E-state index contributed by atoms with van der Waals surface area (Å²) in [6.07, 6.45) is 0.947. The van der Waals surface area contributed by atoms with Crippen LogP contribution >= 0.6 is 0 Å². The van der Waals surface area contributed by atoms with Crippen LogP contribution in [0.4, 0.5) is 5.69 Å². The van der Waals surface area contributed by atoms with E-state index in [0.29, 0.717) is 0 Å². The lowest BCUT2D eigenvalue weighted by atomic mass is 10.0. The number of hydrogen-bond donors (Lipinski definition) is 1. The van der Waals surface area contributed by atoms with Gasteiger partial charge in [-0.3, -0.25) is 4.99 Å². The lowest BCUT2D eigenvalue weighted by Gasteiger charge is -2.07. The van der Waals surface area contributed by atoms with E-state index in [1.165, 1.54) is 22.3 Å². The third kappa shape index (κ3) is 5.36. The number of aliphatic imine (C=N–C) groups is 1. The van der Waals surface area contributed by atoms with Crippen LogP contribution in [0, 0.1) is 13.8 Å². The van der Waals surface area contributed by atoms with Gasteiger partial charge in [0.2, 0.25) is 0 Å². The second-order valence-corrected chi connectivity index (χ2v) is 5.28. The van der Waals surface area contributed by atoms with Crippen LogP contribution in [0.3, 0.4) is 0 Å². The normalized spacial score (nSPS) is 10.9. The van der Waals surface area contributed by atoms with Gasteiger partial charge in [-0.15, -0.1) is 0 Å². The van der Waals surface area contributed by atoms with Crippen LogP contribution in [0.25, 0.3) is 0 Å². The Labute approximate surface area is 135 Å². The van der Waals surface area contributed by atoms with Gasteiger partial charge in [-0.2, -0.15) is 0 Å². The Bertz CT molecular complexity index is 610. The standard InChI is InChI=1S/C18H22N2.C2H6/c1-13-4-9-18(14(2)12-13)15(3)20-11-10-16-5-7-17(19)8-6-16;1-2/h4-9,12H,10-11,19H2,1-3H3;1-2H3. The first-order valence-electron chi connectivity index (χ1n) is 7.99. The molecule has 0 saturated carbocycles. The maximum absolute atomic E-state index is 5.68. The highest BCUT2D eigenvalue weighted by Gasteiger charge is 2.01. The molecule has 2 aromatic rings. The van der Waals surface area contributed by atoms with E-state index in [4.69, 9.17) is 5.73 Å². The molecule has 0 radical (unpaired) electrons. The Kier molecular flexibility index (Phi) is 7.38. The molecular weight excluding hydrogens is 268 g/mol. The van der Waals surface area contributed by atoms with Gasteiger partial charge in [0.05, 0.1) is 0 Å². The van der Waals surface area contributed by atoms with Gasteiger partial charge in [0.15, 0.2) is 0 Å². The molecule has 0 heterocycles. The highest BCUT2D eigenvalue weighted by atomic mass is 14.7. The zero-order chi connectivity index (χ0) is 16.5. The van der Waals surface area contributed by atoms with Gasteiger partial charge in [0.1, 0.15) is 0 Å². The van der Waals surface area contributed by atoms with Crippen molar-refractivity contribution < 1.29 is 0 Å². The summed E-state index contributed by atoms with van der Waals surface area (Å²) < 4.78 is 0. The molecule has 0 aliphatic heterocycles. The van der Waals surface area contributed by atoms with Crippen molar-refractivity contribution in [2.24, 2.45) is 4.99 Å². The topological polar surface area (TPSA) is 38.4 Å². The Hall–Kier alpha value is -2.09. The molecule has 0 spiro atoms. The fourth-order valence-corrected chi connectivity index (χ4v) is 2.34. The number of aryl methyl sites for hydroxylation is 2. The Morgan fingerprint density at radius 1 is 1.00 bits per heavy atom. The van der Waals surface area contributed by atoms with Crippen LogP contribution in [0.5, 0.6) is 0 Å². The van der Waals surface area contributed by atoms with Crippen LogP contribution in [0.2, 0.25) is 0 Å². The van der Waals surface area contributed by atoms with Gasteiger partial charge in [0.25, 0.3) is 0 Å². The average molecular weight is 296 g/mol. The smallest absolute Gasteiger partial charge is 0.0433 e. The molecule has 2 heteroatoms. The molecule has 2 aromatic carbocycles. The first kappa shape index (κ1) is 18.0. The van der Waals surface area contributed by atoms with E-state index < -0.39 is 0 Å². The number of nitrogens with zero attached hydrogens (tertiary/aromatic N) is 1. The molecule has 0 fully saturated rings. The monoisotopic (exact) mass is 296 g/mol. The molecule has 0 unspecified atom stereocenters. The van der Waals surface area contributed by atoms with Crippen LogP contribution in [-0.2, 0) is 6.42 Å². The molecule has 0 aliphatic carbocycles. The summed E-state index contributed by atoms with van der Waals surface area (Å²) >= 11 is 0. The molecule has 0 atom stereocenters. The van der Waals surface area contributed by atoms with Crippen molar-refractivity contribution in [3.05, 3.63) is 64.7 Å². The number of anilines is 1. The Balaban J connectivity index is 0.00000116. The van der Waals surface area contributed by atoms with E-state index in [1.807, 2.05) is 26.0 Å². The van der Waals surface area contributed by atoms with E-state index in [9.17, 15) is 0 Å². The number of nitrogen functional groups attached to an aromatic ring is 1. The first-order chi connectivity index (χ1) is 10.6. The average Bonchev–Trinajstić information content (AvgIpc) is 2.51. The van der Waals surface area contributed by atoms with Gasteiger partial charge in [-0.1, -0.05) is 49.7 Å². The minimum absolute atomic E-state index is 0.809. The molecule has 2 nitrogen and oxygen atoms in total. The summed E-state index contributed by atoms with van der Waals surface area (Å²) in [6.45, 7) is 11.1. The lowest BCUT2D eigenvalue weighted by Crippen LogP contribution is -2.01. The summed E-state index contributed by atoms with van der Waals surface area (Å²) in [5.74, 6) is 0. The van der Waals surface area contributed by atoms with Gasteiger partial charge in [-0.05, 0) is 56.0 Å². The van der Waals surface area contributed by atoms with Crippen LogP contribution < -0.4 is 5.73 Å². The molecule has 118 valence electrons. The zero-order valence-corrected chi connectivity index (χ0v) is 14.5. The second kappa shape index (κ2) is 9.04. The molecule has 2 N–H and O–H groups in total. The van der Waals surface area contributed by atoms with E-state index in [1.54, 1.807) is 0 Å². The fraction of sp³-hybridized carbons (Fsp3) is 0.350. The summed E-state index contributed by atoms with van der Waals surface area (Å²) in [7, 11) is 0.